The zero-order valence-electron chi connectivity index (χ0n) is 19.7. The monoisotopic (exact) mass is 454 g/mol. The molecule has 6 heteroatoms. The van der Waals surface area contributed by atoms with E-state index in [-0.39, 0.29) is 11.9 Å². The number of nitrogens with zero attached hydrogens (tertiary/aromatic N) is 2. The van der Waals surface area contributed by atoms with Crippen molar-refractivity contribution in [2.75, 3.05) is 26.7 Å². The van der Waals surface area contributed by atoms with E-state index in [1.54, 1.807) is 7.11 Å². The van der Waals surface area contributed by atoms with Crippen molar-refractivity contribution in [1.82, 2.24) is 20.4 Å². The number of nitrogens with one attached hydrogen (secondary N) is 2. The summed E-state index contributed by atoms with van der Waals surface area (Å²) in [7, 11) is 1.67. The Morgan fingerprint density at radius 2 is 1.85 bits per heavy atom. The molecule has 0 saturated carbocycles. The molecule has 1 aliphatic rings. The topological polar surface area (TPSA) is 70.2 Å². The van der Waals surface area contributed by atoms with Crippen LogP contribution < -0.4 is 10.1 Å². The number of aryl methyl sites for hydroxylation is 1. The smallest absolute Gasteiger partial charge is 0.251 e. The quantitative estimate of drug-likeness (QED) is 0.407. The lowest BCUT2D eigenvalue weighted by atomic mass is 10.0. The van der Waals surface area contributed by atoms with Crippen molar-refractivity contribution in [2.24, 2.45) is 0 Å². The van der Waals surface area contributed by atoms with E-state index in [1.807, 2.05) is 55.5 Å². The van der Waals surface area contributed by atoms with Crippen LogP contribution in [0, 0.1) is 6.92 Å². The van der Waals surface area contributed by atoms with Gasteiger partial charge in [-0.15, -0.1) is 0 Å². The third-order valence-electron chi connectivity index (χ3n) is 6.65. The summed E-state index contributed by atoms with van der Waals surface area (Å²) in [4.78, 5) is 15.8. The molecule has 1 saturated heterocycles. The molecule has 0 spiro atoms. The number of ether oxygens (including phenoxy) is 1. The number of methoxy groups -OCH3 is 1. The van der Waals surface area contributed by atoms with Gasteiger partial charge in [0.05, 0.1) is 24.4 Å². The Morgan fingerprint density at radius 3 is 2.68 bits per heavy atom. The molecule has 1 amide bonds. The highest BCUT2D eigenvalue weighted by Crippen LogP contribution is 2.27. The highest BCUT2D eigenvalue weighted by atomic mass is 16.5. The van der Waals surface area contributed by atoms with Crippen molar-refractivity contribution in [2.45, 2.75) is 25.8 Å². The van der Waals surface area contributed by atoms with Crippen molar-refractivity contribution in [3.63, 3.8) is 0 Å². The van der Waals surface area contributed by atoms with Gasteiger partial charge in [-0.1, -0.05) is 30.3 Å². The molecule has 0 bridgehead atoms. The van der Waals surface area contributed by atoms with Crippen LogP contribution in [0.2, 0.25) is 0 Å². The van der Waals surface area contributed by atoms with Gasteiger partial charge in [0.1, 0.15) is 5.75 Å². The number of H-pyrrole nitrogens is 1. The van der Waals surface area contributed by atoms with Crippen molar-refractivity contribution in [3.8, 4) is 16.9 Å². The molecule has 0 radical (unpaired) electrons. The molecule has 2 heterocycles. The summed E-state index contributed by atoms with van der Waals surface area (Å²) in [6.07, 6.45) is 2.42. The first kappa shape index (κ1) is 22.2. The number of carbonyl (C=O) groups is 1. The molecule has 34 heavy (non-hydrogen) atoms. The number of aromatic nitrogens is 2. The van der Waals surface area contributed by atoms with E-state index in [0.717, 1.165) is 58.7 Å². The lowest BCUT2D eigenvalue weighted by Crippen LogP contribution is -2.37. The van der Waals surface area contributed by atoms with Gasteiger partial charge < -0.3 is 15.0 Å². The molecule has 5 rings (SSSR count). The molecule has 1 fully saturated rings. The van der Waals surface area contributed by atoms with E-state index in [4.69, 9.17) is 4.74 Å². The highest BCUT2D eigenvalue weighted by molar-refractivity contribution is 5.96. The molecular weight excluding hydrogens is 424 g/mol. The van der Waals surface area contributed by atoms with Crippen molar-refractivity contribution in [1.29, 1.82) is 0 Å². The number of rotatable bonds is 7. The normalized spacial score (nSPS) is 14.9. The Labute approximate surface area is 199 Å². The minimum Gasteiger partial charge on any atom is -0.497 e. The van der Waals surface area contributed by atoms with Gasteiger partial charge in [-0.05, 0) is 85.9 Å². The number of hydrogen-bond donors (Lipinski definition) is 2. The van der Waals surface area contributed by atoms with E-state index < -0.39 is 0 Å². The van der Waals surface area contributed by atoms with Crippen LogP contribution >= 0.6 is 0 Å². The van der Waals surface area contributed by atoms with Crippen molar-refractivity contribution in [3.05, 3.63) is 83.6 Å². The number of benzene rings is 3. The molecule has 1 aliphatic heterocycles. The lowest BCUT2D eigenvalue weighted by Gasteiger charge is -2.25. The molecule has 1 unspecified atom stereocenters. The number of fused-ring (bicyclic) bond motifs is 1. The number of likely N-dealkylation sites (tertiary alicyclic amines) is 1. The Balaban J connectivity index is 1.40. The Hall–Kier alpha value is -3.64. The maximum Gasteiger partial charge on any atom is 0.251 e. The second-order valence-corrected chi connectivity index (χ2v) is 8.96. The first-order valence-corrected chi connectivity index (χ1v) is 11.8. The van der Waals surface area contributed by atoms with Gasteiger partial charge in [-0.3, -0.25) is 9.89 Å². The lowest BCUT2D eigenvalue weighted by molar-refractivity contribution is 0.0927. The molecular formula is C28H30N4O2. The Morgan fingerprint density at radius 1 is 1.06 bits per heavy atom. The summed E-state index contributed by atoms with van der Waals surface area (Å²) < 4.78 is 5.43. The number of amides is 1. The first-order valence-electron chi connectivity index (χ1n) is 11.8. The largest absolute Gasteiger partial charge is 0.497 e. The summed E-state index contributed by atoms with van der Waals surface area (Å²) in [5, 5.41) is 11.7. The standard InChI is InChI=1S/C28H30N4O2/c1-19-25-17-21(11-12-26(25)31-30-19)20-7-5-9-23(15-20)28(33)29-27(18-32-13-3-4-14-32)22-8-6-10-24(16-22)34-2/h5-12,15-17,27H,3-4,13-14,18H2,1-2H3,(H,29,33)(H,30,31). The number of aromatic amines is 1. The Kier molecular flexibility index (Phi) is 6.32. The molecule has 4 aromatic rings. The van der Waals surface area contributed by atoms with E-state index in [2.05, 4.69) is 38.6 Å². The van der Waals surface area contributed by atoms with E-state index in [9.17, 15) is 4.79 Å². The molecule has 6 nitrogen and oxygen atoms in total. The molecule has 1 aromatic heterocycles. The van der Waals surface area contributed by atoms with Gasteiger partial charge in [-0.25, -0.2) is 0 Å². The molecule has 1 atom stereocenters. The van der Waals surface area contributed by atoms with Crippen LogP contribution in [-0.4, -0.2) is 47.7 Å². The van der Waals surface area contributed by atoms with Crippen molar-refractivity contribution < 1.29 is 9.53 Å². The van der Waals surface area contributed by atoms with Crippen LogP contribution in [0.25, 0.3) is 22.0 Å². The van der Waals surface area contributed by atoms with Crippen LogP contribution in [0.4, 0.5) is 0 Å². The summed E-state index contributed by atoms with van der Waals surface area (Å²) in [6.45, 7) is 4.92. The van der Waals surface area contributed by atoms with Gasteiger partial charge in [0.25, 0.3) is 5.91 Å². The van der Waals surface area contributed by atoms with Gasteiger partial charge in [0.2, 0.25) is 0 Å². The van der Waals surface area contributed by atoms with Gasteiger partial charge >= 0.3 is 0 Å². The van der Waals surface area contributed by atoms with Crippen LogP contribution in [-0.2, 0) is 0 Å². The van der Waals surface area contributed by atoms with Crippen molar-refractivity contribution >= 4 is 16.8 Å². The predicted molar refractivity (Wildman–Crippen MR) is 135 cm³/mol. The van der Waals surface area contributed by atoms with Crippen LogP contribution in [0.5, 0.6) is 5.75 Å². The second-order valence-electron chi connectivity index (χ2n) is 8.96. The van der Waals surface area contributed by atoms with Crippen LogP contribution in [0.15, 0.2) is 66.7 Å². The fourth-order valence-corrected chi connectivity index (χ4v) is 4.72. The summed E-state index contributed by atoms with van der Waals surface area (Å²) in [5.41, 5.74) is 5.75. The molecule has 2 N–H and O–H groups in total. The summed E-state index contributed by atoms with van der Waals surface area (Å²) in [6, 6.07) is 21.9. The number of carbonyl (C=O) groups excluding carboxylic acids is 1. The minimum absolute atomic E-state index is 0.0746. The SMILES string of the molecule is COc1cccc(C(CN2CCCC2)NC(=O)c2cccc(-c3ccc4[nH]nc(C)c4c3)c2)c1. The first-order chi connectivity index (χ1) is 16.6. The summed E-state index contributed by atoms with van der Waals surface area (Å²) >= 11 is 0. The highest BCUT2D eigenvalue weighted by Gasteiger charge is 2.22. The fourth-order valence-electron chi connectivity index (χ4n) is 4.72. The number of hydrogen-bond acceptors (Lipinski definition) is 4. The Bertz CT molecular complexity index is 1310. The third kappa shape index (κ3) is 4.68. The fraction of sp³-hybridized carbons (Fsp3) is 0.286. The zero-order chi connectivity index (χ0) is 23.5. The molecule has 3 aromatic carbocycles. The second kappa shape index (κ2) is 9.69. The third-order valence-corrected chi connectivity index (χ3v) is 6.65. The van der Waals surface area contributed by atoms with Crippen LogP contribution in [0.1, 0.15) is 40.5 Å². The zero-order valence-corrected chi connectivity index (χ0v) is 19.7. The van der Waals surface area contributed by atoms with E-state index in [1.165, 1.54) is 12.8 Å². The minimum atomic E-state index is -0.116. The van der Waals surface area contributed by atoms with Gasteiger partial charge in [0, 0.05) is 17.5 Å². The van der Waals surface area contributed by atoms with E-state index in [0.29, 0.717) is 5.56 Å². The van der Waals surface area contributed by atoms with Gasteiger partial charge in [0.15, 0.2) is 0 Å². The summed E-state index contributed by atoms with van der Waals surface area (Å²) in [5.74, 6) is 0.722. The predicted octanol–water partition coefficient (Wildman–Crippen LogP) is 5.11. The van der Waals surface area contributed by atoms with Gasteiger partial charge in [-0.2, -0.15) is 5.10 Å². The van der Waals surface area contributed by atoms with Crippen LogP contribution in [0.3, 0.4) is 0 Å². The molecule has 0 aliphatic carbocycles. The maximum atomic E-state index is 13.4. The average molecular weight is 455 g/mol. The maximum absolute atomic E-state index is 13.4. The molecule has 174 valence electrons. The van der Waals surface area contributed by atoms with E-state index >= 15 is 0 Å². The average Bonchev–Trinajstić information content (AvgIpc) is 3.53.